The van der Waals surface area contributed by atoms with E-state index in [1.54, 1.807) is 4.90 Å². The Morgan fingerprint density at radius 3 is 2.60 bits per heavy atom. The van der Waals surface area contributed by atoms with E-state index in [-0.39, 0.29) is 30.8 Å². The lowest BCUT2D eigenvalue weighted by Gasteiger charge is -2.34. The van der Waals surface area contributed by atoms with E-state index in [1.165, 1.54) is 0 Å². The lowest BCUT2D eigenvalue weighted by molar-refractivity contribution is -0.137. The number of amides is 1. The summed E-state index contributed by atoms with van der Waals surface area (Å²) in [5.74, 6) is -4.14. The summed E-state index contributed by atoms with van der Waals surface area (Å²) in [6, 6.07) is 0.0349. The maximum Gasteiger partial charge on any atom is 0.260 e. The minimum absolute atomic E-state index is 0. The van der Waals surface area contributed by atoms with Gasteiger partial charge in [0.1, 0.15) is 5.92 Å². The highest BCUT2D eigenvalue weighted by atomic mass is 35.5. The van der Waals surface area contributed by atoms with Crippen molar-refractivity contribution >= 4 is 18.3 Å². The molecule has 15 heavy (non-hydrogen) atoms. The predicted molar refractivity (Wildman–Crippen MR) is 54.3 cm³/mol. The highest BCUT2D eigenvalue weighted by Crippen LogP contribution is 2.49. The number of nitrogens with zero attached hydrogens (tertiary/aromatic N) is 1. The Labute approximate surface area is 93.6 Å². The third kappa shape index (κ3) is 2.39. The van der Waals surface area contributed by atoms with Gasteiger partial charge in [0, 0.05) is 32.1 Å². The molecule has 1 aliphatic carbocycles. The SMILES string of the molecule is C[C@H]1CNCCN1C(=O)C1CC1(F)F.Cl. The number of rotatable bonds is 1. The van der Waals surface area contributed by atoms with Crippen molar-refractivity contribution in [1.29, 1.82) is 0 Å². The standard InChI is InChI=1S/C9H14F2N2O.ClH/c1-6-5-12-2-3-13(6)8(14)7-4-9(7,10)11;/h6-7,12H,2-5H2,1H3;1H/t6-,7?;/m0./s1. The second-order valence-corrected chi connectivity index (χ2v) is 4.10. The molecule has 1 saturated carbocycles. The van der Waals surface area contributed by atoms with Crippen LogP contribution in [0.3, 0.4) is 0 Å². The number of hydrogen-bond acceptors (Lipinski definition) is 2. The second kappa shape index (κ2) is 4.22. The monoisotopic (exact) mass is 240 g/mol. The average Bonchev–Trinajstić information content (AvgIpc) is 2.75. The topological polar surface area (TPSA) is 32.3 Å². The minimum atomic E-state index is -2.73. The maximum atomic E-state index is 12.7. The zero-order valence-electron chi connectivity index (χ0n) is 8.50. The highest BCUT2D eigenvalue weighted by Gasteiger charge is 2.62. The van der Waals surface area contributed by atoms with E-state index in [1.807, 2.05) is 6.92 Å². The molecule has 2 rings (SSSR count). The maximum absolute atomic E-state index is 12.7. The molecule has 0 radical (unpaired) electrons. The van der Waals surface area contributed by atoms with E-state index in [9.17, 15) is 13.6 Å². The Morgan fingerprint density at radius 1 is 1.53 bits per heavy atom. The van der Waals surface area contributed by atoms with E-state index in [0.717, 1.165) is 0 Å². The molecule has 0 aromatic rings. The molecule has 1 amide bonds. The molecule has 88 valence electrons. The Balaban J connectivity index is 0.00000112. The fourth-order valence-electron chi connectivity index (χ4n) is 1.85. The fourth-order valence-corrected chi connectivity index (χ4v) is 1.85. The van der Waals surface area contributed by atoms with Crippen LogP contribution >= 0.6 is 12.4 Å². The lowest BCUT2D eigenvalue weighted by Crippen LogP contribution is -2.53. The molecular formula is C9H15ClF2N2O. The summed E-state index contributed by atoms with van der Waals surface area (Å²) in [5, 5.41) is 3.12. The molecule has 1 heterocycles. The zero-order chi connectivity index (χ0) is 10.3. The second-order valence-electron chi connectivity index (χ2n) is 4.10. The summed E-state index contributed by atoms with van der Waals surface area (Å²) in [7, 11) is 0. The van der Waals surface area contributed by atoms with Gasteiger partial charge < -0.3 is 10.2 Å². The average molecular weight is 241 g/mol. The van der Waals surface area contributed by atoms with E-state index < -0.39 is 11.8 Å². The molecule has 0 aromatic carbocycles. The van der Waals surface area contributed by atoms with Crippen molar-refractivity contribution in [1.82, 2.24) is 10.2 Å². The smallest absolute Gasteiger partial charge is 0.260 e. The summed E-state index contributed by atoms with van der Waals surface area (Å²) in [6.07, 6.45) is -0.261. The molecule has 2 fully saturated rings. The van der Waals surface area contributed by atoms with Crippen LogP contribution in [0.2, 0.25) is 0 Å². The van der Waals surface area contributed by atoms with Crippen LogP contribution < -0.4 is 5.32 Å². The van der Waals surface area contributed by atoms with Gasteiger partial charge in [-0.3, -0.25) is 4.79 Å². The van der Waals surface area contributed by atoms with E-state index >= 15 is 0 Å². The Hall–Kier alpha value is -0.420. The van der Waals surface area contributed by atoms with Gasteiger partial charge in [-0.25, -0.2) is 8.78 Å². The lowest BCUT2D eigenvalue weighted by atomic mass is 10.2. The van der Waals surface area contributed by atoms with Gasteiger partial charge in [-0.05, 0) is 6.92 Å². The molecule has 2 atom stereocenters. The molecule has 6 heteroatoms. The van der Waals surface area contributed by atoms with Crippen molar-refractivity contribution < 1.29 is 13.6 Å². The van der Waals surface area contributed by atoms with Crippen molar-refractivity contribution in [2.24, 2.45) is 5.92 Å². The van der Waals surface area contributed by atoms with Crippen LogP contribution in [0.1, 0.15) is 13.3 Å². The first kappa shape index (κ1) is 12.6. The molecule has 1 saturated heterocycles. The van der Waals surface area contributed by atoms with Gasteiger partial charge in [-0.2, -0.15) is 0 Å². The van der Waals surface area contributed by atoms with E-state index in [4.69, 9.17) is 0 Å². The fraction of sp³-hybridized carbons (Fsp3) is 0.889. The van der Waals surface area contributed by atoms with Crippen LogP contribution in [-0.2, 0) is 4.79 Å². The first-order valence-electron chi connectivity index (χ1n) is 4.91. The molecule has 1 N–H and O–H groups in total. The van der Waals surface area contributed by atoms with E-state index in [2.05, 4.69) is 5.32 Å². The Kier molecular flexibility index (Phi) is 3.55. The quantitative estimate of drug-likeness (QED) is 0.738. The Morgan fingerprint density at radius 2 is 2.13 bits per heavy atom. The molecule has 1 unspecified atom stereocenters. The number of halogens is 3. The van der Waals surface area contributed by atoms with Gasteiger partial charge in [0.2, 0.25) is 5.91 Å². The van der Waals surface area contributed by atoms with Crippen LogP contribution in [0.4, 0.5) is 8.78 Å². The summed E-state index contributed by atoms with van der Waals surface area (Å²) in [5.41, 5.74) is 0. The van der Waals surface area contributed by atoms with Gasteiger partial charge in [0.15, 0.2) is 0 Å². The molecule has 1 aliphatic heterocycles. The van der Waals surface area contributed by atoms with Crippen LogP contribution in [0.15, 0.2) is 0 Å². The van der Waals surface area contributed by atoms with Crippen molar-refractivity contribution in [3.8, 4) is 0 Å². The van der Waals surface area contributed by atoms with E-state index in [0.29, 0.717) is 19.6 Å². The molecule has 3 nitrogen and oxygen atoms in total. The van der Waals surface area contributed by atoms with Gasteiger partial charge in [0.25, 0.3) is 5.92 Å². The van der Waals surface area contributed by atoms with Gasteiger partial charge in [0.05, 0.1) is 0 Å². The number of carbonyl (C=O) groups is 1. The normalized spacial score (nSPS) is 33.1. The van der Waals surface area contributed by atoms with Crippen LogP contribution in [-0.4, -0.2) is 42.4 Å². The van der Waals surface area contributed by atoms with Gasteiger partial charge in [-0.1, -0.05) is 0 Å². The number of hydrogen-bond donors (Lipinski definition) is 1. The largest absolute Gasteiger partial charge is 0.337 e. The first-order valence-corrected chi connectivity index (χ1v) is 4.91. The molecule has 0 bridgehead atoms. The van der Waals surface area contributed by atoms with Gasteiger partial charge in [-0.15, -0.1) is 12.4 Å². The molecule has 0 spiro atoms. The number of carbonyl (C=O) groups excluding carboxylic acids is 1. The molecule has 0 aromatic heterocycles. The number of piperazine rings is 1. The zero-order valence-corrected chi connectivity index (χ0v) is 9.32. The van der Waals surface area contributed by atoms with Crippen LogP contribution in [0.5, 0.6) is 0 Å². The van der Waals surface area contributed by atoms with Gasteiger partial charge >= 0.3 is 0 Å². The third-order valence-electron chi connectivity index (χ3n) is 2.91. The number of alkyl halides is 2. The Bertz CT molecular complexity index is 262. The molecular weight excluding hydrogens is 226 g/mol. The van der Waals surface area contributed by atoms with Crippen LogP contribution in [0, 0.1) is 5.92 Å². The highest BCUT2D eigenvalue weighted by molar-refractivity contribution is 5.85. The summed E-state index contributed by atoms with van der Waals surface area (Å²) in [6.45, 7) is 3.83. The van der Waals surface area contributed by atoms with Crippen molar-refractivity contribution in [2.45, 2.75) is 25.3 Å². The minimum Gasteiger partial charge on any atom is -0.337 e. The third-order valence-corrected chi connectivity index (χ3v) is 2.91. The summed E-state index contributed by atoms with van der Waals surface area (Å²) in [4.78, 5) is 13.2. The molecule has 2 aliphatic rings. The summed E-state index contributed by atoms with van der Waals surface area (Å²) >= 11 is 0. The van der Waals surface area contributed by atoms with Crippen molar-refractivity contribution in [3.63, 3.8) is 0 Å². The summed E-state index contributed by atoms with van der Waals surface area (Å²) < 4.78 is 25.3. The number of nitrogens with one attached hydrogen (secondary N) is 1. The first-order chi connectivity index (χ1) is 6.52. The van der Waals surface area contributed by atoms with Crippen molar-refractivity contribution in [3.05, 3.63) is 0 Å². The predicted octanol–water partition coefficient (Wildman–Crippen LogP) is 0.884. The van der Waals surface area contributed by atoms with Crippen LogP contribution in [0.25, 0.3) is 0 Å². The van der Waals surface area contributed by atoms with Crippen molar-refractivity contribution in [2.75, 3.05) is 19.6 Å².